The van der Waals surface area contributed by atoms with E-state index in [4.69, 9.17) is 14.2 Å². The van der Waals surface area contributed by atoms with Crippen LogP contribution in [0.4, 0.5) is 0 Å². The molecule has 0 aliphatic carbocycles. The van der Waals surface area contributed by atoms with Crippen LogP contribution < -0.4 is 0 Å². The van der Waals surface area contributed by atoms with Crippen LogP contribution in [-0.4, -0.2) is 37.2 Å². The Hall–Kier alpha value is -2.37. The summed E-state index contributed by atoms with van der Waals surface area (Å²) in [5, 5.41) is 0. The molecule has 0 heterocycles. The van der Waals surface area contributed by atoms with Crippen molar-refractivity contribution in [2.75, 3.05) is 13.2 Å². The topological polar surface area (TPSA) is 78.9 Å². The van der Waals surface area contributed by atoms with Crippen molar-refractivity contribution in [1.82, 2.24) is 0 Å². The highest BCUT2D eigenvalue weighted by molar-refractivity contribution is 5.71. The first-order valence-electron chi connectivity index (χ1n) is 23.0. The summed E-state index contributed by atoms with van der Waals surface area (Å²) >= 11 is 0. The lowest BCUT2D eigenvalue weighted by molar-refractivity contribution is -0.166. The van der Waals surface area contributed by atoms with Gasteiger partial charge in [-0.15, -0.1) is 0 Å². The average Bonchev–Trinajstić information content (AvgIpc) is 3.17. The molecule has 0 aromatic rings. The van der Waals surface area contributed by atoms with Crippen LogP contribution >= 0.6 is 0 Å². The van der Waals surface area contributed by atoms with E-state index < -0.39 is 6.10 Å². The van der Waals surface area contributed by atoms with Crippen molar-refractivity contribution in [2.45, 2.75) is 239 Å². The third-order valence-corrected chi connectivity index (χ3v) is 9.88. The molecule has 54 heavy (non-hydrogen) atoms. The second-order valence-electron chi connectivity index (χ2n) is 15.3. The van der Waals surface area contributed by atoms with Gasteiger partial charge >= 0.3 is 17.9 Å². The van der Waals surface area contributed by atoms with Gasteiger partial charge in [0.1, 0.15) is 13.2 Å². The second-order valence-corrected chi connectivity index (χ2v) is 15.3. The van der Waals surface area contributed by atoms with Gasteiger partial charge in [-0.2, -0.15) is 0 Å². The summed E-state index contributed by atoms with van der Waals surface area (Å²) in [6.45, 7) is 6.53. The molecule has 0 N–H and O–H groups in total. The predicted octanol–water partition coefficient (Wildman–Crippen LogP) is 14.6. The summed E-state index contributed by atoms with van der Waals surface area (Å²) in [4.78, 5) is 37.7. The molecule has 0 rings (SSSR count). The quantitative estimate of drug-likeness (QED) is 0.0267. The van der Waals surface area contributed by atoms with E-state index in [9.17, 15) is 14.4 Å². The van der Waals surface area contributed by atoms with E-state index in [1.807, 2.05) is 6.08 Å². The molecule has 1 unspecified atom stereocenters. The number of allylic oxidation sites excluding steroid dienone is 6. The van der Waals surface area contributed by atoms with Crippen molar-refractivity contribution < 1.29 is 28.6 Å². The maximum atomic E-state index is 12.7. The van der Waals surface area contributed by atoms with Crippen molar-refractivity contribution in [3.05, 3.63) is 36.5 Å². The fraction of sp³-hybridized carbons (Fsp3) is 0.812. The maximum absolute atomic E-state index is 12.7. The van der Waals surface area contributed by atoms with E-state index in [1.165, 1.54) is 122 Å². The Morgan fingerprint density at radius 3 is 1.19 bits per heavy atom. The number of unbranched alkanes of at least 4 members (excludes halogenated alkanes) is 24. The number of carbonyl (C=O) groups excluding carboxylic acids is 3. The Bertz CT molecular complexity index is 922. The maximum Gasteiger partial charge on any atom is 0.306 e. The number of carbonyl (C=O) groups is 3. The Morgan fingerprint density at radius 2 is 0.704 bits per heavy atom. The van der Waals surface area contributed by atoms with E-state index in [0.29, 0.717) is 19.3 Å². The summed E-state index contributed by atoms with van der Waals surface area (Å²) < 4.78 is 16.6. The molecule has 0 radical (unpaired) electrons. The van der Waals surface area contributed by atoms with Crippen LogP contribution in [0.2, 0.25) is 0 Å². The Balaban J connectivity index is 4.45. The Labute approximate surface area is 334 Å². The molecule has 6 heteroatoms. The monoisotopic (exact) mass is 759 g/mol. The molecule has 0 aromatic carbocycles. The molecule has 0 saturated heterocycles. The van der Waals surface area contributed by atoms with Gasteiger partial charge in [-0.3, -0.25) is 14.4 Å². The van der Waals surface area contributed by atoms with Crippen LogP contribution in [0.5, 0.6) is 0 Å². The van der Waals surface area contributed by atoms with Crippen LogP contribution in [0.1, 0.15) is 233 Å². The lowest BCUT2D eigenvalue weighted by atomic mass is 10.1. The third kappa shape index (κ3) is 40.8. The number of esters is 3. The van der Waals surface area contributed by atoms with Crippen LogP contribution in [0.3, 0.4) is 0 Å². The summed E-state index contributed by atoms with van der Waals surface area (Å²) in [5.74, 6) is -0.970. The van der Waals surface area contributed by atoms with E-state index >= 15 is 0 Å². The van der Waals surface area contributed by atoms with Gasteiger partial charge in [-0.05, 0) is 64.2 Å². The number of hydrogen-bond donors (Lipinski definition) is 0. The van der Waals surface area contributed by atoms with Crippen LogP contribution in [0.15, 0.2) is 36.5 Å². The van der Waals surface area contributed by atoms with Gasteiger partial charge in [0.15, 0.2) is 6.10 Å². The van der Waals surface area contributed by atoms with E-state index in [1.54, 1.807) is 0 Å². The lowest BCUT2D eigenvalue weighted by Crippen LogP contribution is -2.30. The molecule has 0 aromatic heterocycles. The summed E-state index contributed by atoms with van der Waals surface area (Å²) in [7, 11) is 0. The fourth-order valence-electron chi connectivity index (χ4n) is 6.37. The molecule has 0 bridgehead atoms. The normalized spacial score (nSPS) is 12.3. The number of hydrogen-bond acceptors (Lipinski definition) is 6. The molecule has 0 aliphatic heterocycles. The standard InChI is InChI=1S/C48H86O6/c1-4-7-10-13-16-19-22-24-27-29-32-35-38-41-47(50)53-44-45(43-52-46(49)40-37-34-31-28-25-21-18-15-12-9-6-3)54-48(51)42-39-36-33-30-26-23-20-17-14-11-8-5-2/h17,20,24,27,32,35,45H,4-16,18-19,21-23,25-26,28-31,33-34,36-44H2,1-3H3/b20-17-,27-24-,35-32-. The number of ether oxygens (including phenoxy) is 3. The zero-order valence-electron chi connectivity index (χ0n) is 35.7. The van der Waals surface area contributed by atoms with Gasteiger partial charge in [-0.1, -0.05) is 186 Å². The first-order chi connectivity index (χ1) is 26.5. The molecule has 1 atom stereocenters. The van der Waals surface area contributed by atoms with Crippen molar-refractivity contribution in [2.24, 2.45) is 0 Å². The minimum absolute atomic E-state index is 0.0905. The summed E-state index contributed by atoms with van der Waals surface area (Å²) in [5.41, 5.74) is 0. The van der Waals surface area contributed by atoms with E-state index in [-0.39, 0.29) is 37.5 Å². The fourth-order valence-corrected chi connectivity index (χ4v) is 6.37. The molecule has 6 nitrogen and oxygen atoms in total. The highest BCUT2D eigenvalue weighted by atomic mass is 16.6. The van der Waals surface area contributed by atoms with E-state index in [0.717, 1.165) is 64.2 Å². The lowest BCUT2D eigenvalue weighted by Gasteiger charge is -2.18. The third-order valence-electron chi connectivity index (χ3n) is 9.88. The zero-order valence-corrected chi connectivity index (χ0v) is 35.7. The molecule has 0 fully saturated rings. The van der Waals surface area contributed by atoms with Crippen LogP contribution in [-0.2, 0) is 28.6 Å². The molecular weight excluding hydrogens is 673 g/mol. The van der Waals surface area contributed by atoms with Crippen molar-refractivity contribution in [1.29, 1.82) is 0 Å². The van der Waals surface area contributed by atoms with Gasteiger partial charge in [0, 0.05) is 19.3 Å². The van der Waals surface area contributed by atoms with E-state index in [2.05, 4.69) is 51.2 Å². The van der Waals surface area contributed by atoms with Crippen molar-refractivity contribution >= 4 is 17.9 Å². The molecule has 0 saturated carbocycles. The van der Waals surface area contributed by atoms with Gasteiger partial charge in [0.2, 0.25) is 0 Å². The van der Waals surface area contributed by atoms with Crippen LogP contribution in [0.25, 0.3) is 0 Å². The Kier molecular flexibility index (Phi) is 41.5. The summed E-state index contributed by atoms with van der Waals surface area (Å²) in [6.07, 6.45) is 48.5. The number of rotatable bonds is 41. The minimum Gasteiger partial charge on any atom is -0.462 e. The van der Waals surface area contributed by atoms with Crippen LogP contribution in [0, 0.1) is 0 Å². The van der Waals surface area contributed by atoms with Gasteiger partial charge in [0.25, 0.3) is 0 Å². The SMILES string of the molecule is CCCCC/C=C\CCCCCCCC(=O)OC(COC(=O)CC/C=C\C/C=C\CCCCCCCC)COC(=O)CCCCCCCCCCCCC. The second kappa shape index (κ2) is 43.4. The molecule has 314 valence electrons. The van der Waals surface area contributed by atoms with Crippen molar-refractivity contribution in [3.63, 3.8) is 0 Å². The first-order valence-corrected chi connectivity index (χ1v) is 23.0. The van der Waals surface area contributed by atoms with Gasteiger partial charge < -0.3 is 14.2 Å². The molecule has 0 aliphatic rings. The predicted molar refractivity (Wildman–Crippen MR) is 229 cm³/mol. The average molecular weight is 759 g/mol. The highest BCUT2D eigenvalue weighted by Crippen LogP contribution is 2.14. The first kappa shape index (κ1) is 51.6. The molecule has 0 spiro atoms. The summed E-state index contributed by atoms with van der Waals surface area (Å²) in [6, 6.07) is 0. The molecule has 0 amide bonds. The Morgan fingerprint density at radius 1 is 0.370 bits per heavy atom. The molecular formula is C48H86O6. The minimum atomic E-state index is -0.792. The largest absolute Gasteiger partial charge is 0.462 e. The smallest absolute Gasteiger partial charge is 0.306 e. The zero-order chi connectivity index (χ0) is 39.4. The van der Waals surface area contributed by atoms with Gasteiger partial charge in [0.05, 0.1) is 0 Å². The van der Waals surface area contributed by atoms with Crippen molar-refractivity contribution in [3.8, 4) is 0 Å². The van der Waals surface area contributed by atoms with Gasteiger partial charge in [-0.25, -0.2) is 0 Å². The highest BCUT2D eigenvalue weighted by Gasteiger charge is 2.19.